The van der Waals surface area contributed by atoms with Gasteiger partial charge in [0.15, 0.2) is 0 Å². The largest absolute Gasteiger partial charge is 0.496 e. The highest BCUT2D eigenvalue weighted by Crippen LogP contribution is 2.33. The molecule has 0 bridgehead atoms. The quantitative estimate of drug-likeness (QED) is 0.861. The number of aryl methyl sites for hydroxylation is 1. The van der Waals surface area contributed by atoms with Crippen LogP contribution in [0.1, 0.15) is 11.4 Å². The van der Waals surface area contributed by atoms with Gasteiger partial charge in [-0.3, -0.25) is 0 Å². The van der Waals surface area contributed by atoms with Crippen molar-refractivity contribution < 1.29 is 9.47 Å². The third-order valence-corrected chi connectivity index (χ3v) is 3.21. The summed E-state index contributed by atoms with van der Waals surface area (Å²) in [6.45, 7) is 2.38. The first-order chi connectivity index (χ1) is 8.65. The van der Waals surface area contributed by atoms with Gasteiger partial charge in [0.1, 0.15) is 17.3 Å². The van der Waals surface area contributed by atoms with E-state index in [1.807, 2.05) is 19.1 Å². The van der Waals surface area contributed by atoms with E-state index in [2.05, 4.69) is 31.5 Å². The van der Waals surface area contributed by atoms with Crippen molar-refractivity contribution in [1.82, 2.24) is 20.2 Å². The van der Waals surface area contributed by atoms with Gasteiger partial charge in [-0.15, -0.1) is 5.10 Å². The second-order valence-corrected chi connectivity index (χ2v) is 4.54. The number of tetrazole rings is 1. The minimum atomic E-state index is 0.533. The number of benzene rings is 1. The molecule has 0 unspecified atom stereocenters. The molecule has 0 N–H and O–H groups in total. The number of aromatic nitrogens is 4. The summed E-state index contributed by atoms with van der Waals surface area (Å²) < 4.78 is 13.2. The predicted octanol–water partition coefficient (Wildman–Crippen LogP) is 1.81. The molecule has 0 fully saturated rings. The number of methoxy groups -OCH3 is 2. The van der Waals surface area contributed by atoms with Gasteiger partial charge in [-0.05, 0) is 45.4 Å². The van der Waals surface area contributed by atoms with E-state index < -0.39 is 0 Å². The molecule has 1 heterocycles. The smallest absolute Gasteiger partial charge is 0.148 e. The van der Waals surface area contributed by atoms with Crippen molar-refractivity contribution >= 4 is 15.9 Å². The second-order valence-electron chi connectivity index (χ2n) is 3.68. The summed E-state index contributed by atoms with van der Waals surface area (Å²) in [5.74, 6) is 2.26. The van der Waals surface area contributed by atoms with Crippen LogP contribution in [0.15, 0.2) is 16.6 Å². The van der Waals surface area contributed by atoms with Crippen LogP contribution in [0.5, 0.6) is 11.5 Å². The number of nitrogens with zero attached hydrogens (tertiary/aromatic N) is 4. The average Bonchev–Trinajstić information content (AvgIpc) is 2.76. The molecule has 2 aromatic rings. The number of halogens is 1. The van der Waals surface area contributed by atoms with Crippen LogP contribution in [0.25, 0.3) is 0 Å². The Labute approximate surface area is 113 Å². The molecule has 0 aliphatic carbocycles. The van der Waals surface area contributed by atoms with E-state index in [1.165, 1.54) is 0 Å². The zero-order valence-electron chi connectivity index (χ0n) is 10.3. The van der Waals surface area contributed by atoms with Gasteiger partial charge in [0.05, 0.1) is 25.2 Å². The topological polar surface area (TPSA) is 62.1 Å². The average molecular weight is 313 g/mol. The standard InChI is InChI=1S/C11H13BrN4O2/c1-7-13-14-15-16(7)6-8-4-11(18-3)9(12)5-10(8)17-2/h4-5H,6H2,1-3H3. The summed E-state index contributed by atoms with van der Waals surface area (Å²) in [5, 5.41) is 11.4. The van der Waals surface area contributed by atoms with Crippen molar-refractivity contribution in [2.75, 3.05) is 14.2 Å². The first-order valence-corrected chi connectivity index (χ1v) is 6.08. The highest BCUT2D eigenvalue weighted by Gasteiger charge is 2.11. The summed E-state index contributed by atoms with van der Waals surface area (Å²) in [4.78, 5) is 0. The van der Waals surface area contributed by atoms with Crippen molar-refractivity contribution in [2.24, 2.45) is 0 Å². The third kappa shape index (κ3) is 2.45. The fourth-order valence-electron chi connectivity index (χ4n) is 1.60. The molecule has 96 valence electrons. The molecule has 0 radical (unpaired) electrons. The lowest BCUT2D eigenvalue weighted by atomic mass is 10.2. The van der Waals surface area contributed by atoms with Crippen LogP contribution in [0.3, 0.4) is 0 Å². The van der Waals surface area contributed by atoms with Gasteiger partial charge in [0, 0.05) is 5.56 Å². The van der Waals surface area contributed by atoms with Crippen molar-refractivity contribution in [2.45, 2.75) is 13.5 Å². The third-order valence-electron chi connectivity index (χ3n) is 2.59. The molecule has 1 aromatic heterocycles. The lowest BCUT2D eigenvalue weighted by Crippen LogP contribution is -2.06. The van der Waals surface area contributed by atoms with Gasteiger partial charge < -0.3 is 9.47 Å². The van der Waals surface area contributed by atoms with Gasteiger partial charge in [0.25, 0.3) is 0 Å². The number of ether oxygens (including phenoxy) is 2. The summed E-state index contributed by atoms with van der Waals surface area (Å²) in [6.07, 6.45) is 0. The molecule has 0 aliphatic heterocycles. The zero-order chi connectivity index (χ0) is 13.1. The Balaban J connectivity index is 2.39. The minimum Gasteiger partial charge on any atom is -0.496 e. The Morgan fingerprint density at radius 2 is 1.94 bits per heavy atom. The molecule has 0 spiro atoms. The van der Waals surface area contributed by atoms with Gasteiger partial charge >= 0.3 is 0 Å². The van der Waals surface area contributed by atoms with Crippen molar-refractivity contribution in [3.8, 4) is 11.5 Å². The van der Waals surface area contributed by atoms with E-state index in [4.69, 9.17) is 9.47 Å². The van der Waals surface area contributed by atoms with Crippen molar-refractivity contribution in [3.05, 3.63) is 28.0 Å². The lowest BCUT2D eigenvalue weighted by Gasteiger charge is -2.12. The first-order valence-electron chi connectivity index (χ1n) is 5.29. The Hall–Kier alpha value is -1.63. The number of hydrogen-bond acceptors (Lipinski definition) is 5. The SMILES string of the molecule is COc1cc(Cn2nnnc2C)c(OC)cc1Br. The van der Waals surface area contributed by atoms with Gasteiger partial charge in [-0.1, -0.05) is 0 Å². The number of rotatable bonds is 4. The summed E-state index contributed by atoms with van der Waals surface area (Å²) in [6, 6.07) is 3.78. The summed E-state index contributed by atoms with van der Waals surface area (Å²) >= 11 is 3.42. The molecule has 1 aromatic carbocycles. The van der Waals surface area contributed by atoms with Gasteiger partial charge in [-0.2, -0.15) is 0 Å². The van der Waals surface area contributed by atoms with Crippen LogP contribution >= 0.6 is 15.9 Å². The molecule has 0 aliphatic rings. The van der Waals surface area contributed by atoms with Gasteiger partial charge in [0.2, 0.25) is 0 Å². The molecule has 7 heteroatoms. The molecule has 0 saturated carbocycles. The molecular formula is C11H13BrN4O2. The van der Waals surface area contributed by atoms with E-state index in [-0.39, 0.29) is 0 Å². The highest BCUT2D eigenvalue weighted by molar-refractivity contribution is 9.10. The zero-order valence-corrected chi connectivity index (χ0v) is 11.9. The predicted molar refractivity (Wildman–Crippen MR) is 68.9 cm³/mol. The number of hydrogen-bond donors (Lipinski definition) is 0. The maximum atomic E-state index is 5.35. The van der Waals surface area contributed by atoms with Crippen LogP contribution in [-0.4, -0.2) is 34.4 Å². The van der Waals surface area contributed by atoms with Crippen LogP contribution in [0.2, 0.25) is 0 Å². The van der Waals surface area contributed by atoms with Crippen molar-refractivity contribution in [1.29, 1.82) is 0 Å². The van der Waals surface area contributed by atoms with Crippen molar-refractivity contribution in [3.63, 3.8) is 0 Å². The summed E-state index contributed by atoms with van der Waals surface area (Å²) in [5.41, 5.74) is 0.952. The van der Waals surface area contributed by atoms with Crippen LogP contribution in [0.4, 0.5) is 0 Å². The minimum absolute atomic E-state index is 0.533. The molecule has 18 heavy (non-hydrogen) atoms. The molecule has 0 atom stereocenters. The molecule has 0 saturated heterocycles. The maximum absolute atomic E-state index is 5.35. The Morgan fingerprint density at radius 3 is 2.50 bits per heavy atom. The first kappa shape index (κ1) is 12.8. The monoisotopic (exact) mass is 312 g/mol. The Morgan fingerprint density at radius 1 is 1.22 bits per heavy atom. The van der Waals surface area contributed by atoms with Crippen LogP contribution in [0, 0.1) is 6.92 Å². The molecular weight excluding hydrogens is 300 g/mol. The fourth-order valence-corrected chi connectivity index (χ4v) is 2.09. The Kier molecular flexibility index (Phi) is 3.81. The fraction of sp³-hybridized carbons (Fsp3) is 0.364. The molecule has 0 amide bonds. The van der Waals surface area contributed by atoms with Crippen LogP contribution in [-0.2, 0) is 6.54 Å². The van der Waals surface area contributed by atoms with E-state index in [9.17, 15) is 0 Å². The molecule has 2 rings (SSSR count). The summed E-state index contributed by atoms with van der Waals surface area (Å²) in [7, 11) is 3.25. The van der Waals surface area contributed by atoms with Gasteiger partial charge in [-0.25, -0.2) is 4.68 Å². The van der Waals surface area contributed by atoms with E-state index >= 15 is 0 Å². The highest BCUT2D eigenvalue weighted by atomic mass is 79.9. The van der Waals surface area contributed by atoms with E-state index in [0.717, 1.165) is 27.4 Å². The Bertz CT molecular complexity index is 556. The second kappa shape index (κ2) is 5.34. The maximum Gasteiger partial charge on any atom is 0.148 e. The lowest BCUT2D eigenvalue weighted by molar-refractivity contribution is 0.394. The normalized spacial score (nSPS) is 10.4. The molecule has 6 nitrogen and oxygen atoms in total. The van der Waals surface area contributed by atoms with E-state index in [0.29, 0.717) is 6.54 Å². The van der Waals surface area contributed by atoms with E-state index in [1.54, 1.807) is 18.9 Å². The van der Waals surface area contributed by atoms with Crippen LogP contribution < -0.4 is 9.47 Å².